The monoisotopic (exact) mass is 477 g/mol. The molecule has 3 aromatic heterocycles. The third-order valence-electron chi connectivity index (χ3n) is 6.49. The maximum Gasteiger partial charge on any atom is 0.231 e. The second-order valence-electron chi connectivity index (χ2n) is 9.13. The van der Waals surface area contributed by atoms with Crippen LogP contribution in [0.3, 0.4) is 0 Å². The summed E-state index contributed by atoms with van der Waals surface area (Å²) in [5.41, 5.74) is 2.25. The van der Waals surface area contributed by atoms with E-state index in [9.17, 15) is 0 Å². The highest BCUT2D eigenvalue weighted by Gasteiger charge is 2.25. The smallest absolute Gasteiger partial charge is 0.231 e. The standard InChI is InChI=1S/C25H27N5O3S/c1-15-3-8-19-20(13-15)34-25-22(19)24(27-21(28-25)14-30-9-11-31-12-10-30)32-18-6-4-17(5-7-18)23-26-16(2)33-29-23/h4-7,15H,3,8-14H2,1-2H3/t15-/m0/s1. The lowest BCUT2D eigenvalue weighted by Gasteiger charge is -2.25. The number of aromatic nitrogens is 4. The van der Waals surface area contributed by atoms with E-state index in [1.54, 1.807) is 18.3 Å². The molecule has 0 N–H and O–H groups in total. The molecule has 1 aliphatic heterocycles. The van der Waals surface area contributed by atoms with Crippen molar-refractivity contribution in [3.8, 4) is 23.0 Å². The van der Waals surface area contributed by atoms with Gasteiger partial charge >= 0.3 is 0 Å². The first-order chi connectivity index (χ1) is 16.6. The molecule has 1 fully saturated rings. The number of nitrogens with zero attached hydrogens (tertiary/aromatic N) is 5. The summed E-state index contributed by atoms with van der Waals surface area (Å²) in [5, 5.41) is 5.07. The second-order valence-corrected chi connectivity index (χ2v) is 10.2. The molecule has 0 amide bonds. The van der Waals surface area contributed by atoms with Crippen molar-refractivity contribution in [1.82, 2.24) is 25.0 Å². The van der Waals surface area contributed by atoms with Crippen molar-refractivity contribution in [3.63, 3.8) is 0 Å². The lowest BCUT2D eigenvalue weighted by atomic mass is 9.89. The van der Waals surface area contributed by atoms with Gasteiger partial charge in [-0.15, -0.1) is 11.3 Å². The first-order valence-corrected chi connectivity index (χ1v) is 12.6. The number of thiophene rings is 1. The number of morpholine rings is 1. The lowest BCUT2D eigenvalue weighted by Crippen LogP contribution is -2.36. The Labute approximate surface area is 201 Å². The quantitative estimate of drug-likeness (QED) is 0.405. The molecule has 1 aliphatic carbocycles. The number of ether oxygens (including phenoxy) is 2. The van der Waals surface area contributed by atoms with E-state index in [-0.39, 0.29) is 0 Å². The van der Waals surface area contributed by atoms with Crippen LogP contribution in [0.4, 0.5) is 0 Å². The minimum absolute atomic E-state index is 0.544. The average molecular weight is 478 g/mol. The van der Waals surface area contributed by atoms with Gasteiger partial charge in [-0.05, 0) is 55.0 Å². The van der Waals surface area contributed by atoms with Gasteiger partial charge in [0.1, 0.15) is 16.4 Å². The highest BCUT2D eigenvalue weighted by Crippen LogP contribution is 2.42. The van der Waals surface area contributed by atoms with E-state index in [0.717, 1.165) is 66.5 Å². The van der Waals surface area contributed by atoms with Gasteiger partial charge in [0.05, 0.1) is 25.1 Å². The van der Waals surface area contributed by atoms with E-state index in [2.05, 4.69) is 22.0 Å². The zero-order valence-corrected chi connectivity index (χ0v) is 20.2. The van der Waals surface area contributed by atoms with Crippen molar-refractivity contribution in [2.75, 3.05) is 26.3 Å². The summed E-state index contributed by atoms with van der Waals surface area (Å²) in [5.74, 6) is 4.00. The van der Waals surface area contributed by atoms with Gasteiger partial charge in [-0.3, -0.25) is 4.90 Å². The molecule has 0 saturated carbocycles. The summed E-state index contributed by atoms with van der Waals surface area (Å²) in [4.78, 5) is 19.0. The Morgan fingerprint density at radius 1 is 1.12 bits per heavy atom. The Hall–Kier alpha value is -2.88. The zero-order chi connectivity index (χ0) is 23.1. The third-order valence-corrected chi connectivity index (χ3v) is 7.64. The van der Waals surface area contributed by atoms with E-state index in [0.29, 0.717) is 30.1 Å². The fourth-order valence-electron chi connectivity index (χ4n) is 4.66. The van der Waals surface area contributed by atoms with E-state index in [1.807, 2.05) is 24.3 Å². The maximum absolute atomic E-state index is 6.42. The Morgan fingerprint density at radius 3 is 2.71 bits per heavy atom. The largest absolute Gasteiger partial charge is 0.438 e. The molecule has 6 rings (SSSR count). The summed E-state index contributed by atoms with van der Waals surface area (Å²) in [7, 11) is 0. The van der Waals surface area contributed by atoms with Crippen LogP contribution in [0.15, 0.2) is 28.8 Å². The molecule has 2 aliphatic rings. The minimum Gasteiger partial charge on any atom is -0.438 e. The summed E-state index contributed by atoms with van der Waals surface area (Å²) in [6, 6.07) is 7.74. The predicted octanol–water partition coefficient (Wildman–Crippen LogP) is 4.80. The highest BCUT2D eigenvalue weighted by atomic mass is 32.1. The summed E-state index contributed by atoms with van der Waals surface area (Å²) in [6.07, 6.45) is 3.34. The first kappa shape index (κ1) is 21.6. The van der Waals surface area contributed by atoms with Gasteiger partial charge in [0.25, 0.3) is 0 Å². The second kappa shape index (κ2) is 9.05. The van der Waals surface area contributed by atoms with Crippen molar-refractivity contribution < 1.29 is 14.0 Å². The van der Waals surface area contributed by atoms with Crippen molar-refractivity contribution in [1.29, 1.82) is 0 Å². The minimum atomic E-state index is 0.544. The maximum atomic E-state index is 6.42. The van der Waals surface area contributed by atoms with E-state index >= 15 is 0 Å². The molecule has 0 spiro atoms. The van der Waals surface area contributed by atoms with E-state index < -0.39 is 0 Å². The number of hydrogen-bond donors (Lipinski definition) is 0. The summed E-state index contributed by atoms with van der Waals surface area (Å²) < 4.78 is 17.0. The van der Waals surface area contributed by atoms with Crippen LogP contribution < -0.4 is 4.74 Å². The Kier molecular flexibility index (Phi) is 5.76. The molecule has 4 aromatic rings. The molecule has 176 valence electrons. The molecule has 0 radical (unpaired) electrons. The van der Waals surface area contributed by atoms with Gasteiger partial charge in [0.15, 0.2) is 0 Å². The Morgan fingerprint density at radius 2 is 1.94 bits per heavy atom. The van der Waals surface area contributed by atoms with Gasteiger partial charge in [-0.1, -0.05) is 12.1 Å². The fourth-order valence-corrected chi connectivity index (χ4v) is 6.05. The Bertz CT molecular complexity index is 1310. The van der Waals surface area contributed by atoms with Crippen LogP contribution in [-0.4, -0.2) is 51.3 Å². The van der Waals surface area contributed by atoms with E-state index in [4.69, 9.17) is 24.0 Å². The van der Waals surface area contributed by atoms with Crippen LogP contribution in [-0.2, 0) is 24.1 Å². The van der Waals surface area contributed by atoms with Crippen molar-refractivity contribution in [2.24, 2.45) is 5.92 Å². The van der Waals surface area contributed by atoms with Crippen molar-refractivity contribution in [3.05, 3.63) is 46.4 Å². The lowest BCUT2D eigenvalue weighted by molar-refractivity contribution is 0.0330. The molecule has 1 saturated heterocycles. The summed E-state index contributed by atoms with van der Waals surface area (Å²) >= 11 is 1.81. The molecular weight excluding hydrogens is 450 g/mol. The van der Waals surface area contributed by atoms with Crippen LogP contribution >= 0.6 is 11.3 Å². The normalized spacial score (nSPS) is 18.8. The zero-order valence-electron chi connectivity index (χ0n) is 19.4. The number of fused-ring (bicyclic) bond motifs is 3. The molecule has 8 nitrogen and oxygen atoms in total. The molecule has 4 heterocycles. The molecule has 1 aromatic carbocycles. The van der Waals surface area contributed by atoms with Gasteiger partial charge in [0, 0.05) is 30.5 Å². The highest BCUT2D eigenvalue weighted by molar-refractivity contribution is 7.18. The number of rotatable bonds is 5. The van der Waals surface area contributed by atoms with Crippen molar-refractivity contribution in [2.45, 2.75) is 39.7 Å². The fraction of sp³-hybridized carbons (Fsp3) is 0.440. The van der Waals surface area contributed by atoms with Crippen LogP contribution in [0, 0.1) is 12.8 Å². The van der Waals surface area contributed by atoms with Gasteiger partial charge in [0.2, 0.25) is 17.6 Å². The summed E-state index contributed by atoms with van der Waals surface area (Å²) in [6.45, 7) is 8.11. The Balaban J connectivity index is 1.35. The van der Waals surface area contributed by atoms with E-state index in [1.165, 1.54) is 16.9 Å². The number of benzene rings is 1. The van der Waals surface area contributed by atoms with Gasteiger partial charge in [-0.2, -0.15) is 9.97 Å². The van der Waals surface area contributed by atoms with Gasteiger partial charge in [-0.25, -0.2) is 4.98 Å². The predicted molar refractivity (Wildman–Crippen MR) is 129 cm³/mol. The third kappa shape index (κ3) is 4.31. The average Bonchev–Trinajstić information content (AvgIpc) is 3.43. The molecular formula is C25H27N5O3S. The molecule has 0 unspecified atom stereocenters. The molecule has 9 heteroatoms. The number of aryl methyl sites for hydroxylation is 2. The number of hydrogen-bond acceptors (Lipinski definition) is 9. The van der Waals surface area contributed by atoms with Crippen LogP contribution in [0.5, 0.6) is 11.6 Å². The first-order valence-electron chi connectivity index (χ1n) is 11.8. The van der Waals surface area contributed by atoms with Crippen molar-refractivity contribution >= 4 is 21.6 Å². The van der Waals surface area contributed by atoms with Crippen LogP contribution in [0.2, 0.25) is 0 Å². The molecule has 34 heavy (non-hydrogen) atoms. The SMILES string of the molecule is Cc1nc(-c2ccc(Oc3nc(CN4CCOCC4)nc4sc5c(c34)CC[C@H](C)C5)cc2)no1. The topological polar surface area (TPSA) is 86.4 Å². The van der Waals surface area contributed by atoms with Gasteiger partial charge < -0.3 is 14.0 Å². The van der Waals surface area contributed by atoms with Crippen LogP contribution in [0.1, 0.15) is 35.5 Å². The molecule has 0 bridgehead atoms. The van der Waals surface area contributed by atoms with Crippen LogP contribution in [0.25, 0.3) is 21.6 Å². The molecule has 1 atom stereocenters.